The van der Waals surface area contributed by atoms with E-state index in [1.165, 1.54) is 18.1 Å². The van der Waals surface area contributed by atoms with E-state index in [1.807, 2.05) is 6.92 Å². The molecule has 96 valence electrons. The highest BCUT2D eigenvalue weighted by Crippen LogP contribution is 2.29. The Hall–Kier alpha value is -1.63. The summed E-state index contributed by atoms with van der Waals surface area (Å²) in [5.41, 5.74) is 0.992. The van der Waals surface area contributed by atoms with Crippen molar-refractivity contribution >= 4 is 17.6 Å². The molecule has 2 rings (SSSR count). The maximum absolute atomic E-state index is 5.32. The van der Waals surface area contributed by atoms with Gasteiger partial charge >= 0.3 is 0 Å². The molecule has 0 unspecified atom stereocenters. The first kappa shape index (κ1) is 12.8. The highest BCUT2D eigenvalue weighted by atomic mass is 32.2. The van der Waals surface area contributed by atoms with Gasteiger partial charge < -0.3 is 9.73 Å². The lowest BCUT2D eigenvalue weighted by Crippen LogP contribution is -2.05. The van der Waals surface area contributed by atoms with Crippen molar-refractivity contribution in [2.24, 2.45) is 0 Å². The van der Waals surface area contributed by atoms with Crippen LogP contribution in [0.25, 0.3) is 0 Å². The van der Waals surface area contributed by atoms with Gasteiger partial charge in [0.15, 0.2) is 0 Å². The standard InChI is InChI=1S/C11H15N5OS/c1-4-5-12-9-7(2)10(14-6-13-9)18-11-16-15-8(3)17-11/h6H,4-5H2,1-3H3,(H,12,13,14). The SMILES string of the molecule is CCCNc1ncnc(Sc2nnc(C)o2)c1C. The average molecular weight is 265 g/mol. The summed E-state index contributed by atoms with van der Waals surface area (Å²) in [5, 5.41) is 12.3. The molecule has 6 nitrogen and oxygen atoms in total. The summed E-state index contributed by atoms with van der Waals surface area (Å²) >= 11 is 1.35. The quantitative estimate of drug-likeness (QED) is 0.832. The maximum Gasteiger partial charge on any atom is 0.282 e. The van der Waals surface area contributed by atoms with E-state index in [0.717, 1.165) is 29.4 Å². The second kappa shape index (κ2) is 5.81. The van der Waals surface area contributed by atoms with E-state index in [2.05, 4.69) is 32.4 Å². The third kappa shape index (κ3) is 2.98. The van der Waals surface area contributed by atoms with Gasteiger partial charge in [-0.2, -0.15) is 0 Å². The van der Waals surface area contributed by atoms with E-state index >= 15 is 0 Å². The van der Waals surface area contributed by atoms with E-state index < -0.39 is 0 Å². The van der Waals surface area contributed by atoms with Crippen molar-refractivity contribution in [2.75, 3.05) is 11.9 Å². The summed E-state index contributed by atoms with van der Waals surface area (Å²) in [5.74, 6) is 1.40. The van der Waals surface area contributed by atoms with Crippen molar-refractivity contribution in [1.82, 2.24) is 20.2 Å². The van der Waals surface area contributed by atoms with Gasteiger partial charge in [0.2, 0.25) is 5.89 Å². The Bertz CT molecular complexity index is 528. The summed E-state index contributed by atoms with van der Waals surface area (Å²) in [6, 6.07) is 0. The fourth-order valence-corrected chi connectivity index (χ4v) is 2.12. The van der Waals surface area contributed by atoms with Crippen LogP contribution in [-0.2, 0) is 0 Å². The van der Waals surface area contributed by atoms with Crippen LogP contribution in [0.3, 0.4) is 0 Å². The average Bonchev–Trinajstić information content (AvgIpc) is 2.76. The van der Waals surface area contributed by atoms with Gasteiger partial charge in [0, 0.05) is 19.0 Å². The molecule has 0 bridgehead atoms. The lowest BCUT2D eigenvalue weighted by molar-refractivity contribution is 0.429. The van der Waals surface area contributed by atoms with Crippen LogP contribution in [0, 0.1) is 13.8 Å². The number of anilines is 1. The molecule has 0 aliphatic rings. The van der Waals surface area contributed by atoms with Crippen molar-refractivity contribution < 1.29 is 4.42 Å². The summed E-state index contributed by atoms with van der Waals surface area (Å²) in [6.45, 7) is 6.74. The minimum Gasteiger partial charge on any atom is -0.416 e. The molecule has 2 heterocycles. The molecule has 18 heavy (non-hydrogen) atoms. The van der Waals surface area contributed by atoms with E-state index in [1.54, 1.807) is 6.92 Å². The summed E-state index contributed by atoms with van der Waals surface area (Å²) < 4.78 is 5.32. The number of rotatable bonds is 5. The molecular weight excluding hydrogens is 250 g/mol. The fourth-order valence-electron chi connectivity index (χ4n) is 1.36. The lowest BCUT2D eigenvalue weighted by atomic mass is 10.3. The van der Waals surface area contributed by atoms with Gasteiger partial charge in [0.1, 0.15) is 17.2 Å². The Morgan fingerprint density at radius 3 is 2.78 bits per heavy atom. The zero-order valence-corrected chi connectivity index (χ0v) is 11.4. The fraction of sp³-hybridized carbons (Fsp3) is 0.455. The second-order valence-electron chi connectivity index (χ2n) is 3.77. The van der Waals surface area contributed by atoms with Crippen LogP contribution in [-0.4, -0.2) is 26.7 Å². The third-order valence-electron chi connectivity index (χ3n) is 2.27. The van der Waals surface area contributed by atoms with Gasteiger partial charge in [0.25, 0.3) is 5.22 Å². The zero-order valence-electron chi connectivity index (χ0n) is 10.6. The molecule has 0 spiro atoms. The number of aryl methyl sites for hydroxylation is 1. The van der Waals surface area contributed by atoms with Crippen molar-refractivity contribution in [1.29, 1.82) is 0 Å². The van der Waals surface area contributed by atoms with E-state index in [4.69, 9.17) is 4.42 Å². The molecule has 0 fully saturated rings. The number of hydrogen-bond acceptors (Lipinski definition) is 7. The normalized spacial score (nSPS) is 10.6. The number of nitrogens with one attached hydrogen (secondary N) is 1. The van der Waals surface area contributed by atoms with Crippen LogP contribution < -0.4 is 5.32 Å². The van der Waals surface area contributed by atoms with E-state index in [9.17, 15) is 0 Å². The Balaban J connectivity index is 2.17. The van der Waals surface area contributed by atoms with Crippen LogP contribution >= 0.6 is 11.8 Å². The number of hydrogen-bond donors (Lipinski definition) is 1. The largest absolute Gasteiger partial charge is 0.416 e. The Labute approximate surface area is 110 Å². The first-order valence-electron chi connectivity index (χ1n) is 5.74. The molecule has 0 aromatic carbocycles. The van der Waals surface area contributed by atoms with Crippen LogP contribution in [0.5, 0.6) is 0 Å². The second-order valence-corrected chi connectivity index (χ2v) is 4.71. The van der Waals surface area contributed by atoms with Gasteiger partial charge in [-0.15, -0.1) is 10.2 Å². The molecule has 0 aliphatic carbocycles. The van der Waals surface area contributed by atoms with Crippen LogP contribution in [0.15, 0.2) is 21.0 Å². The van der Waals surface area contributed by atoms with Gasteiger partial charge in [-0.1, -0.05) is 6.92 Å². The van der Waals surface area contributed by atoms with Gasteiger partial charge in [-0.25, -0.2) is 9.97 Å². The highest BCUT2D eigenvalue weighted by molar-refractivity contribution is 7.99. The number of nitrogens with zero attached hydrogens (tertiary/aromatic N) is 4. The maximum atomic E-state index is 5.32. The summed E-state index contributed by atoms with van der Waals surface area (Å²) in [4.78, 5) is 8.46. The van der Waals surface area contributed by atoms with E-state index in [0.29, 0.717) is 11.1 Å². The first-order valence-corrected chi connectivity index (χ1v) is 6.55. The zero-order chi connectivity index (χ0) is 13.0. The predicted molar refractivity (Wildman–Crippen MR) is 68.7 cm³/mol. The van der Waals surface area contributed by atoms with Crippen LogP contribution in [0.2, 0.25) is 0 Å². The van der Waals surface area contributed by atoms with Gasteiger partial charge in [-0.05, 0) is 25.1 Å². The molecule has 2 aromatic heterocycles. The summed E-state index contributed by atoms with van der Waals surface area (Å²) in [7, 11) is 0. The Morgan fingerprint density at radius 1 is 1.28 bits per heavy atom. The Kier molecular flexibility index (Phi) is 4.14. The summed E-state index contributed by atoms with van der Waals surface area (Å²) in [6.07, 6.45) is 2.59. The van der Waals surface area contributed by atoms with Gasteiger partial charge in [0.05, 0.1) is 0 Å². The molecule has 0 amide bonds. The molecule has 7 heteroatoms. The molecule has 2 aromatic rings. The third-order valence-corrected chi connectivity index (χ3v) is 3.22. The minimum atomic E-state index is 0.496. The Morgan fingerprint density at radius 2 is 2.11 bits per heavy atom. The predicted octanol–water partition coefficient (Wildman–Crippen LogP) is 2.45. The molecule has 0 saturated carbocycles. The van der Waals surface area contributed by atoms with Crippen molar-refractivity contribution in [3.05, 3.63) is 17.8 Å². The van der Waals surface area contributed by atoms with Crippen LogP contribution in [0.1, 0.15) is 24.8 Å². The highest BCUT2D eigenvalue weighted by Gasteiger charge is 2.11. The van der Waals surface area contributed by atoms with E-state index in [-0.39, 0.29) is 0 Å². The van der Waals surface area contributed by atoms with Gasteiger partial charge in [-0.3, -0.25) is 0 Å². The molecule has 1 N–H and O–H groups in total. The molecular formula is C11H15N5OS. The first-order chi connectivity index (χ1) is 8.70. The molecule has 0 aliphatic heterocycles. The molecule has 0 saturated heterocycles. The number of aromatic nitrogens is 4. The van der Waals surface area contributed by atoms with Crippen molar-refractivity contribution in [3.8, 4) is 0 Å². The monoisotopic (exact) mass is 265 g/mol. The molecule has 0 radical (unpaired) electrons. The van der Waals surface area contributed by atoms with Crippen molar-refractivity contribution in [3.63, 3.8) is 0 Å². The van der Waals surface area contributed by atoms with Crippen molar-refractivity contribution in [2.45, 2.75) is 37.4 Å². The lowest BCUT2D eigenvalue weighted by Gasteiger charge is -2.08. The molecule has 0 atom stereocenters. The smallest absolute Gasteiger partial charge is 0.282 e. The van der Waals surface area contributed by atoms with Crippen LogP contribution in [0.4, 0.5) is 5.82 Å². The topological polar surface area (TPSA) is 76.7 Å². The minimum absolute atomic E-state index is 0.496.